The Kier molecular flexibility index (Phi) is 4.85. The third-order valence-electron chi connectivity index (χ3n) is 3.03. The van der Waals surface area contributed by atoms with Gasteiger partial charge < -0.3 is 10.6 Å². The number of anilines is 2. The number of fused-ring (bicyclic) bond motifs is 1. The van der Waals surface area contributed by atoms with E-state index in [1.54, 1.807) is 0 Å². The molecule has 0 saturated heterocycles. The first kappa shape index (κ1) is 13.9. The zero-order valence-electron chi connectivity index (χ0n) is 11.6. The SMILES string of the molecule is CCC(CSC)Nc1nc(NC)nc2ccccc12. The first-order chi connectivity index (χ1) is 9.28. The molecule has 0 radical (unpaired) electrons. The summed E-state index contributed by atoms with van der Waals surface area (Å²) in [6.45, 7) is 2.19. The van der Waals surface area contributed by atoms with Gasteiger partial charge in [-0.15, -0.1) is 0 Å². The topological polar surface area (TPSA) is 49.8 Å². The standard InChI is InChI=1S/C14H20N4S/c1-4-10(9-19-3)16-13-11-7-5-6-8-12(11)17-14(15-2)18-13/h5-8,10H,4,9H2,1-3H3,(H2,15,16,17,18). The molecule has 4 nitrogen and oxygen atoms in total. The van der Waals surface area contributed by atoms with Gasteiger partial charge in [0.15, 0.2) is 0 Å². The first-order valence-electron chi connectivity index (χ1n) is 6.48. The van der Waals surface area contributed by atoms with Crippen molar-refractivity contribution in [2.75, 3.05) is 29.7 Å². The van der Waals surface area contributed by atoms with Crippen LogP contribution in [0.4, 0.5) is 11.8 Å². The fraction of sp³-hybridized carbons (Fsp3) is 0.429. The maximum atomic E-state index is 4.55. The number of nitrogens with zero attached hydrogens (tertiary/aromatic N) is 2. The average molecular weight is 276 g/mol. The van der Waals surface area contributed by atoms with Crippen molar-refractivity contribution in [3.8, 4) is 0 Å². The molecule has 102 valence electrons. The molecule has 1 atom stereocenters. The minimum Gasteiger partial charge on any atom is -0.366 e. The van der Waals surface area contributed by atoms with Gasteiger partial charge in [0.2, 0.25) is 5.95 Å². The zero-order valence-corrected chi connectivity index (χ0v) is 12.4. The number of thioether (sulfide) groups is 1. The second-order valence-corrected chi connectivity index (χ2v) is 5.28. The van der Waals surface area contributed by atoms with Crippen LogP contribution in [0.2, 0.25) is 0 Å². The summed E-state index contributed by atoms with van der Waals surface area (Å²) in [5.74, 6) is 2.64. The van der Waals surface area contributed by atoms with E-state index in [2.05, 4.69) is 39.8 Å². The van der Waals surface area contributed by atoms with Crippen LogP contribution in [0.15, 0.2) is 24.3 Å². The summed E-state index contributed by atoms with van der Waals surface area (Å²) in [6, 6.07) is 8.52. The lowest BCUT2D eigenvalue weighted by atomic mass is 10.2. The van der Waals surface area contributed by atoms with Gasteiger partial charge in [0.1, 0.15) is 5.82 Å². The molecule has 1 unspecified atom stereocenters. The van der Waals surface area contributed by atoms with Crippen LogP contribution >= 0.6 is 11.8 Å². The first-order valence-corrected chi connectivity index (χ1v) is 7.87. The summed E-state index contributed by atoms with van der Waals surface area (Å²) in [5.41, 5.74) is 0.961. The minimum atomic E-state index is 0.429. The Morgan fingerprint density at radius 2 is 2.05 bits per heavy atom. The maximum Gasteiger partial charge on any atom is 0.224 e. The largest absolute Gasteiger partial charge is 0.366 e. The second kappa shape index (κ2) is 6.61. The van der Waals surface area contributed by atoms with Crippen LogP contribution in [-0.4, -0.2) is 35.1 Å². The number of aromatic nitrogens is 2. The predicted octanol–water partition coefficient (Wildman–Crippen LogP) is 3.23. The third-order valence-corrected chi connectivity index (χ3v) is 3.76. The van der Waals surface area contributed by atoms with Crippen molar-refractivity contribution >= 4 is 34.4 Å². The van der Waals surface area contributed by atoms with Gasteiger partial charge in [-0.3, -0.25) is 0 Å². The Balaban J connectivity index is 2.39. The molecule has 2 aromatic rings. The van der Waals surface area contributed by atoms with E-state index in [1.165, 1.54) is 0 Å². The monoisotopic (exact) mass is 276 g/mol. The number of hydrogen-bond donors (Lipinski definition) is 2. The Labute approximate surface area is 118 Å². The van der Waals surface area contributed by atoms with Crippen molar-refractivity contribution in [1.82, 2.24) is 9.97 Å². The van der Waals surface area contributed by atoms with E-state index in [0.717, 1.165) is 28.9 Å². The third kappa shape index (κ3) is 3.29. The van der Waals surface area contributed by atoms with Crippen LogP contribution in [0, 0.1) is 0 Å². The van der Waals surface area contributed by atoms with E-state index in [0.29, 0.717) is 12.0 Å². The van der Waals surface area contributed by atoms with Crippen molar-refractivity contribution < 1.29 is 0 Å². The molecule has 0 aliphatic carbocycles. The highest BCUT2D eigenvalue weighted by atomic mass is 32.2. The number of hydrogen-bond acceptors (Lipinski definition) is 5. The van der Waals surface area contributed by atoms with Crippen molar-refractivity contribution in [1.29, 1.82) is 0 Å². The summed E-state index contributed by atoms with van der Waals surface area (Å²) in [4.78, 5) is 9.01. The van der Waals surface area contributed by atoms with Crippen LogP contribution in [0.1, 0.15) is 13.3 Å². The van der Waals surface area contributed by atoms with E-state index in [9.17, 15) is 0 Å². The molecule has 0 saturated carbocycles. The van der Waals surface area contributed by atoms with Crippen LogP contribution in [0.25, 0.3) is 10.9 Å². The highest BCUT2D eigenvalue weighted by Crippen LogP contribution is 2.23. The smallest absolute Gasteiger partial charge is 0.224 e. The van der Waals surface area contributed by atoms with E-state index in [-0.39, 0.29) is 0 Å². The second-order valence-electron chi connectivity index (χ2n) is 4.37. The average Bonchev–Trinajstić information content (AvgIpc) is 2.46. The van der Waals surface area contributed by atoms with Crippen LogP contribution in [0.3, 0.4) is 0 Å². The Morgan fingerprint density at radius 1 is 1.26 bits per heavy atom. The van der Waals surface area contributed by atoms with E-state index < -0.39 is 0 Å². The summed E-state index contributed by atoms with van der Waals surface area (Å²) >= 11 is 1.85. The summed E-state index contributed by atoms with van der Waals surface area (Å²) in [7, 11) is 1.84. The molecule has 0 aliphatic rings. The molecule has 0 aliphatic heterocycles. The molecule has 1 aromatic carbocycles. The van der Waals surface area contributed by atoms with Gasteiger partial charge in [0.25, 0.3) is 0 Å². The molecule has 1 aromatic heterocycles. The molecular formula is C14H20N4S. The van der Waals surface area contributed by atoms with Crippen molar-refractivity contribution in [3.63, 3.8) is 0 Å². The lowest BCUT2D eigenvalue weighted by Gasteiger charge is -2.18. The molecule has 0 bridgehead atoms. The van der Waals surface area contributed by atoms with E-state index in [4.69, 9.17) is 0 Å². The van der Waals surface area contributed by atoms with Gasteiger partial charge >= 0.3 is 0 Å². The molecule has 5 heteroatoms. The lowest BCUT2D eigenvalue weighted by Crippen LogP contribution is -2.22. The molecule has 1 heterocycles. The molecule has 2 N–H and O–H groups in total. The fourth-order valence-corrected chi connectivity index (χ4v) is 2.68. The minimum absolute atomic E-state index is 0.429. The molecule has 0 amide bonds. The quantitative estimate of drug-likeness (QED) is 0.848. The Bertz CT molecular complexity index is 544. The number of para-hydroxylation sites is 1. The van der Waals surface area contributed by atoms with Crippen LogP contribution < -0.4 is 10.6 Å². The van der Waals surface area contributed by atoms with Gasteiger partial charge in [0.05, 0.1) is 5.52 Å². The van der Waals surface area contributed by atoms with Gasteiger partial charge in [-0.05, 0) is 24.8 Å². The molecule has 19 heavy (non-hydrogen) atoms. The Morgan fingerprint density at radius 3 is 2.74 bits per heavy atom. The van der Waals surface area contributed by atoms with Crippen LogP contribution in [0.5, 0.6) is 0 Å². The van der Waals surface area contributed by atoms with E-state index in [1.807, 2.05) is 37.0 Å². The van der Waals surface area contributed by atoms with Gasteiger partial charge in [-0.2, -0.15) is 16.7 Å². The zero-order chi connectivity index (χ0) is 13.7. The summed E-state index contributed by atoms with van der Waals surface area (Å²) < 4.78 is 0. The summed E-state index contributed by atoms with van der Waals surface area (Å²) in [5, 5.41) is 7.62. The molecular weight excluding hydrogens is 256 g/mol. The molecule has 0 fully saturated rings. The highest BCUT2D eigenvalue weighted by Gasteiger charge is 2.11. The molecule has 0 spiro atoms. The van der Waals surface area contributed by atoms with Crippen molar-refractivity contribution in [2.45, 2.75) is 19.4 Å². The van der Waals surface area contributed by atoms with Gasteiger partial charge in [-0.1, -0.05) is 19.1 Å². The Hall–Kier alpha value is -1.49. The summed E-state index contributed by atoms with van der Waals surface area (Å²) in [6.07, 6.45) is 3.20. The van der Waals surface area contributed by atoms with Gasteiger partial charge in [0, 0.05) is 24.2 Å². The highest BCUT2D eigenvalue weighted by molar-refractivity contribution is 7.98. The van der Waals surface area contributed by atoms with Crippen molar-refractivity contribution in [2.24, 2.45) is 0 Å². The normalized spacial score (nSPS) is 12.4. The molecule has 2 rings (SSSR count). The van der Waals surface area contributed by atoms with Crippen LogP contribution in [-0.2, 0) is 0 Å². The van der Waals surface area contributed by atoms with Crippen molar-refractivity contribution in [3.05, 3.63) is 24.3 Å². The predicted molar refractivity (Wildman–Crippen MR) is 85.2 cm³/mol. The van der Waals surface area contributed by atoms with E-state index >= 15 is 0 Å². The number of rotatable bonds is 6. The number of nitrogens with one attached hydrogen (secondary N) is 2. The number of benzene rings is 1. The fourth-order valence-electron chi connectivity index (χ4n) is 1.95. The van der Waals surface area contributed by atoms with Gasteiger partial charge in [-0.25, -0.2) is 4.98 Å². The lowest BCUT2D eigenvalue weighted by molar-refractivity contribution is 0.771. The maximum absolute atomic E-state index is 4.55.